The third kappa shape index (κ3) is 4.16. The Morgan fingerprint density at radius 3 is 2.08 bits per heavy atom. The molecule has 128 valence electrons. The predicted molar refractivity (Wildman–Crippen MR) is 103 cm³/mol. The van der Waals surface area contributed by atoms with Gasteiger partial charge >= 0.3 is 0 Å². The molecule has 0 spiro atoms. The van der Waals surface area contributed by atoms with Crippen molar-refractivity contribution in [2.24, 2.45) is 0 Å². The zero-order chi connectivity index (χ0) is 17.5. The molecular weight excluding hydrogens is 308 g/mol. The highest BCUT2D eigenvalue weighted by Crippen LogP contribution is 2.36. The van der Waals surface area contributed by atoms with E-state index in [0.29, 0.717) is 19.6 Å². The van der Waals surface area contributed by atoms with Gasteiger partial charge in [-0.25, -0.2) is 0 Å². The van der Waals surface area contributed by atoms with Crippen LogP contribution in [0.25, 0.3) is 22.3 Å². The first kappa shape index (κ1) is 17.4. The van der Waals surface area contributed by atoms with Crippen molar-refractivity contribution in [2.75, 3.05) is 13.2 Å². The van der Waals surface area contributed by atoms with Gasteiger partial charge in [-0.3, -0.25) is 0 Å². The van der Waals surface area contributed by atoms with Crippen molar-refractivity contribution in [3.8, 4) is 22.3 Å². The fraction of sp³-hybridized carbons (Fsp3) is 0.217. The minimum absolute atomic E-state index is 0.168. The maximum Gasteiger partial charge on any atom is 0.0719 e. The molecule has 3 aromatic rings. The summed E-state index contributed by atoms with van der Waals surface area (Å²) < 4.78 is 5.72. The van der Waals surface area contributed by atoms with Gasteiger partial charge < -0.3 is 9.84 Å². The van der Waals surface area contributed by atoms with Crippen LogP contribution in [0.2, 0.25) is 0 Å². The van der Waals surface area contributed by atoms with E-state index in [2.05, 4.69) is 67.6 Å². The highest BCUT2D eigenvalue weighted by molar-refractivity contribution is 5.86. The van der Waals surface area contributed by atoms with Crippen LogP contribution in [0.1, 0.15) is 17.5 Å². The van der Waals surface area contributed by atoms with E-state index in [0.717, 1.165) is 0 Å². The Balaban J connectivity index is 2.03. The fourth-order valence-corrected chi connectivity index (χ4v) is 3.10. The van der Waals surface area contributed by atoms with Crippen molar-refractivity contribution in [2.45, 2.75) is 20.0 Å². The third-order valence-corrected chi connectivity index (χ3v) is 4.43. The van der Waals surface area contributed by atoms with Crippen molar-refractivity contribution >= 4 is 0 Å². The van der Waals surface area contributed by atoms with Crippen molar-refractivity contribution < 1.29 is 9.84 Å². The largest absolute Gasteiger partial charge is 0.396 e. The van der Waals surface area contributed by atoms with Crippen LogP contribution in [0.3, 0.4) is 0 Å². The number of rotatable bonds is 7. The van der Waals surface area contributed by atoms with E-state index in [1.165, 1.54) is 33.4 Å². The summed E-state index contributed by atoms with van der Waals surface area (Å²) >= 11 is 0. The van der Waals surface area contributed by atoms with Gasteiger partial charge in [0, 0.05) is 13.2 Å². The first-order valence-corrected chi connectivity index (χ1v) is 8.73. The molecule has 0 heterocycles. The van der Waals surface area contributed by atoms with E-state index >= 15 is 0 Å². The van der Waals surface area contributed by atoms with Crippen LogP contribution in [-0.4, -0.2) is 18.3 Å². The number of hydrogen-bond donors (Lipinski definition) is 1. The third-order valence-electron chi connectivity index (χ3n) is 4.43. The lowest BCUT2D eigenvalue weighted by Crippen LogP contribution is -2.01. The molecule has 0 fully saturated rings. The van der Waals surface area contributed by atoms with E-state index < -0.39 is 0 Å². The summed E-state index contributed by atoms with van der Waals surface area (Å²) in [5.74, 6) is 0. The highest BCUT2D eigenvalue weighted by Gasteiger charge is 2.13. The highest BCUT2D eigenvalue weighted by atomic mass is 16.5. The number of aliphatic hydroxyl groups excluding tert-OH is 1. The van der Waals surface area contributed by atoms with Crippen LogP contribution in [0, 0.1) is 6.92 Å². The normalized spacial score (nSPS) is 10.8. The lowest BCUT2D eigenvalue weighted by atomic mass is 9.88. The molecule has 25 heavy (non-hydrogen) atoms. The Kier molecular flexibility index (Phi) is 5.99. The lowest BCUT2D eigenvalue weighted by Gasteiger charge is -2.17. The number of benzene rings is 3. The molecule has 0 aliphatic heterocycles. The van der Waals surface area contributed by atoms with E-state index in [1.807, 2.05) is 12.1 Å². The topological polar surface area (TPSA) is 29.5 Å². The quantitative estimate of drug-likeness (QED) is 0.600. The minimum Gasteiger partial charge on any atom is -0.396 e. The molecule has 0 saturated heterocycles. The fourth-order valence-electron chi connectivity index (χ4n) is 3.10. The van der Waals surface area contributed by atoms with Gasteiger partial charge in [-0.15, -0.1) is 0 Å². The van der Waals surface area contributed by atoms with Gasteiger partial charge in [-0.1, -0.05) is 72.8 Å². The molecule has 0 aliphatic carbocycles. The summed E-state index contributed by atoms with van der Waals surface area (Å²) in [6.45, 7) is 3.48. The Bertz CT molecular complexity index is 795. The zero-order valence-corrected chi connectivity index (χ0v) is 14.6. The average molecular weight is 332 g/mol. The summed E-state index contributed by atoms with van der Waals surface area (Å²) in [5, 5.41) is 8.89. The predicted octanol–water partition coefficient (Wildman–Crippen LogP) is 5.23. The van der Waals surface area contributed by atoms with Crippen molar-refractivity contribution in [1.82, 2.24) is 0 Å². The molecule has 0 atom stereocenters. The maximum absolute atomic E-state index is 8.89. The summed E-state index contributed by atoms with van der Waals surface area (Å²) in [5.41, 5.74) is 7.37. The molecule has 0 bridgehead atoms. The summed E-state index contributed by atoms with van der Waals surface area (Å²) in [6.07, 6.45) is 0.673. The Labute approximate surface area is 149 Å². The summed E-state index contributed by atoms with van der Waals surface area (Å²) in [7, 11) is 0. The van der Waals surface area contributed by atoms with Gasteiger partial charge in [0.1, 0.15) is 0 Å². The number of hydrogen-bond acceptors (Lipinski definition) is 2. The monoisotopic (exact) mass is 332 g/mol. The van der Waals surface area contributed by atoms with Crippen molar-refractivity contribution in [3.05, 3.63) is 83.9 Å². The average Bonchev–Trinajstić information content (AvgIpc) is 2.67. The lowest BCUT2D eigenvalue weighted by molar-refractivity contribution is 0.104. The van der Waals surface area contributed by atoms with Gasteiger partial charge in [-0.05, 0) is 46.7 Å². The summed E-state index contributed by atoms with van der Waals surface area (Å²) in [6, 6.07) is 25.4. The van der Waals surface area contributed by atoms with Crippen LogP contribution in [0.15, 0.2) is 72.8 Å². The molecule has 0 aliphatic rings. The van der Waals surface area contributed by atoms with Crippen LogP contribution in [0.5, 0.6) is 0 Å². The molecule has 0 radical (unpaired) electrons. The second-order valence-corrected chi connectivity index (χ2v) is 6.13. The molecule has 3 rings (SSSR count). The molecule has 0 saturated carbocycles. The van der Waals surface area contributed by atoms with Gasteiger partial charge in [-0.2, -0.15) is 0 Å². The standard InChI is InChI=1S/C23H24O2/c1-18-21(17-25-16-8-15-24)13-14-22(19-9-4-2-5-10-19)23(18)20-11-6-3-7-12-20/h2-7,9-14,24H,8,15-17H2,1H3. The van der Waals surface area contributed by atoms with Crippen molar-refractivity contribution in [1.29, 1.82) is 0 Å². The molecule has 2 nitrogen and oxygen atoms in total. The van der Waals surface area contributed by atoms with E-state index in [1.54, 1.807) is 0 Å². The number of ether oxygens (including phenoxy) is 1. The molecular formula is C23H24O2. The second-order valence-electron chi connectivity index (χ2n) is 6.13. The minimum atomic E-state index is 0.168. The number of aliphatic hydroxyl groups is 1. The van der Waals surface area contributed by atoms with E-state index in [9.17, 15) is 0 Å². The Morgan fingerprint density at radius 1 is 0.800 bits per heavy atom. The van der Waals surface area contributed by atoms with Crippen LogP contribution >= 0.6 is 0 Å². The van der Waals surface area contributed by atoms with Gasteiger partial charge in [0.15, 0.2) is 0 Å². The van der Waals surface area contributed by atoms with Gasteiger partial charge in [0.2, 0.25) is 0 Å². The first-order chi connectivity index (χ1) is 12.3. The van der Waals surface area contributed by atoms with Crippen LogP contribution in [0.4, 0.5) is 0 Å². The van der Waals surface area contributed by atoms with Crippen LogP contribution < -0.4 is 0 Å². The maximum atomic E-state index is 8.89. The van der Waals surface area contributed by atoms with E-state index in [4.69, 9.17) is 9.84 Å². The molecule has 1 N–H and O–H groups in total. The SMILES string of the molecule is Cc1c(COCCCO)ccc(-c2ccccc2)c1-c1ccccc1. The Morgan fingerprint density at radius 2 is 1.44 bits per heavy atom. The smallest absolute Gasteiger partial charge is 0.0719 e. The molecule has 3 aromatic carbocycles. The van der Waals surface area contributed by atoms with E-state index in [-0.39, 0.29) is 6.61 Å². The molecule has 2 heteroatoms. The van der Waals surface area contributed by atoms with Gasteiger partial charge in [0.05, 0.1) is 6.61 Å². The van der Waals surface area contributed by atoms with Crippen LogP contribution in [-0.2, 0) is 11.3 Å². The molecule has 0 unspecified atom stereocenters. The first-order valence-electron chi connectivity index (χ1n) is 8.73. The van der Waals surface area contributed by atoms with Gasteiger partial charge in [0.25, 0.3) is 0 Å². The summed E-state index contributed by atoms with van der Waals surface area (Å²) in [4.78, 5) is 0. The zero-order valence-electron chi connectivity index (χ0n) is 14.6. The molecule has 0 aromatic heterocycles. The second kappa shape index (κ2) is 8.61. The molecule has 0 amide bonds. The van der Waals surface area contributed by atoms with Crippen molar-refractivity contribution in [3.63, 3.8) is 0 Å². The Hall–Kier alpha value is -2.42.